The molecule has 24 heavy (non-hydrogen) atoms. The summed E-state index contributed by atoms with van der Waals surface area (Å²) in [6, 6.07) is 12.3. The number of hydrogen-bond donors (Lipinski definition) is 1. The highest BCUT2D eigenvalue weighted by Crippen LogP contribution is 2.25. The highest BCUT2D eigenvalue weighted by molar-refractivity contribution is 7.13. The number of ether oxygens (including phenoxy) is 1. The Balaban J connectivity index is 1.73. The molecule has 0 atom stereocenters. The lowest BCUT2D eigenvalue weighted by Crippen LogP contribution is -2.11. The van der Waals surface area contributed by atoms with Gasteiger partial charge in [0.05, 0.1) is 4.92 Å². The summed E-state index contributed by atoms with van der Waals surface area (Å²) < 4.78 is 5.62. The predicted molar refractivity (Wildman–Crippen MR) is 89.7 cm³/mol. The molecule has 0 radical (unpaired) electrons. The van der Waals surface area contributed by atoms with Crippen molar-refractivity contribution in [2.75, 3.05) is 5.32 Å². The van der Waals surface area contributed by atoms with Crippen LogP contribution in [0.1, 0.15) is 10.4 Å². The first-order valence-electron chi connectivity index (χ1n) is 6.85. The van der Waals surface area contributed by atoms with Crippen molar-refractivity contribution in [3.63, 3.8) is 0 Å². The summed E-state index contributed by atoms with van der Waals surface area (Å²) in [6.45, 7) is 0. The van der Waals surface area contributed by atoms with Crippen LogP contribution in [0.25, 0.3) is 0 Å². The maximum absolute atomic E-state index is 12.2. The van der Waals surface area contributed by atoms with Gasteiger partial charge in [0.25, 0.3) is 11.6 Å². The Morgan fingerprint density at radius 2 is 1.96 bits per heavy atom. The van der Waals surface area contributed by atoms with Gasteiger partial charge in [-0.25, -0.2) is 4.98 Å². The second kappa shape index (κ2) is 6.88. The summed E-state index contributed by atoms with van der Waals surface area (Å²) in [7, 11) is 0. The van der Waals surface area contributed by atoms with E-state index in [-0.39, 0.29) is 11.6 Å². The molecule has 1 aromatic heterocycles. The summed E-state index contributed by atoms with van der Waals surface area (Å²) in [5.74, 6) is 0.604. The van der Waals surface area contributed by atoms with Crippen LogP contribution in [0, 0.1) is 10.1 Å². The first kappa shape index (κ1) is 15.6. The molecule has 1 N–H and O–H groups in total. The van der Waals surface area contributed by atoms with E-state index in [0.717, 1.165) is 0 Å². The van der Waals surface area contributed by atoms with Gasteiger partial charge < -0.3 is 4.74 Å². The molecule has 3 aromatic rings. The minimum Gasteiger partial charge on any atom is -0.457 e. The number of anilines is 1. The number of carbonyl (C=O) groups is 1. The zero-order valence-electron chi connectivity index (χ0n) is 12.2. The van der Waals surface area contributed by atoms with E-state index >= 15 is 0 Å². The van der Waals surface area contributed by atoms with E-state index < -0.39 is 4.92 Å². The average molecular weight is 341 g/mol. The van der Waals surface area contributed by atoms with Gasteiger partial charge in [-0.1, -0.05) is 6.07 Å². The molecule has 0 aliphatic heterocycles. The minimum absolute atomic E-state index is 0.0149. The van der Waals surface area contributed by atoms with Crippen molar-refractivity contribution < 1.29 is 14.5 Å². The van der Waals surface area contributed by atoms with Crippen LogP contribution in [0.2, 0.25) is 0 Å². The van der Waals surface area contributed by atoms with Gasteiger partial charge in [-0.15, -0.1) is 11.3 Å². The van der Waals surface area contributed by atoms with Gasteiger partial charge in [-0.3, -0.25) is 20.2 Å². The Hall–Kier alpha value is -3.26. The van der Waals surface area contributed by atoms with Crippen molar-refractivity contribution in [2.24, 2.45) is 0 Å². The predicted octanol–water partition coefficient (Wildman–Crippen LogP) is 4.10. The average Bonchev–Trinajstić information content (AvgIpc) is 3.08. The summed E-state index contributed by atoms with van der Waals surface area (Å²) in [4.78, 5) is 26.3. The Kier molecular flexibility index (Phi) is 4.48. The van der Waals surface area contributed by atoms with Gasteiger partial charge in [0.1, 0.15) is 11.5 Å². The number of carbonyl (C=O) groups excluding carboxylic acids is 1. The lowest BCUT2D eigenvalue weighted by atomic mass is 10.2. The molecule has 120 valence electrons. The van der Waals surface area contributed by atoms with Gasteiger partial charge in [0, 0.05) is 29.3 Å². The van der Waals surface area contributed by atoms with E-state index in [0.29, 0.717) is 22.2 Å². The van der Waals surface area contributed by atoms with E-state index in [2.05, 4.69) is 10.3 Å². The van der Waals surface area contributed by atoms with Crippen LogP contribution in [0.3, 0.4) is 0 Å². The smallest absolute Gasteiger partial charge is 0.269 e. The van der Waals surface area contributed by atoms with Crippen LogP contribution in [0.4, 0.5) is 10.8 Å². The number of aromatic nitrogens is 1. The van der Waals surface area contributed by atoms with Crippen LogP contribution >= 0.6 is 11.3 Å². The molecular formula is C16H11N3O4S. The van der Waals surface area contributed by atoms with Gasteiger partial charge in [0.15, 0.2) is 5.13 Å². The number of hydrogen-bond acceptors (Lipinski definition) is 6. The lowest BCUT2D eigenvalue weighted by Gasteiger charge is -2.07. The maximum atomic E-state index is 12.2. The summed E-state index contributed by atoms with van der Waals surface area (Å²) in [5, 5.41) is 15.6. The quantitative estimate of drug-likeness (QED) is 0.557. The van der Waals surface area contributed by atoms with Gasteiger partial charge in [-0.05, 0) is 30.3 Å². The maximum Gasteiger partial charge on any atom is 0.269 e. The first-order valence-corrected chi connectivity index (χ1v) is 7.73. The van der Waals surface area contributed by atoms with E-state index in [9.17, 15) is 14.9 Å². The molecule has 2 aromatic carbocycles. The monoisotopic (exact) mass is 341 g/mol. The zero-order valence-corrected chi connectivity index (χ0v) is 13.0. The number of nitrogens with one attached hydrogen (secondary N) is 1. The summed E-state index contributed by atoms with van der Waals surface area (Å²) in [6.07, 6.45) is 1.61. The molecule has 7 nitrogen and oxygen atoms in total. The molecule has 1 heterocycles. The molecule has 0 spiro atoms. The second-order valence-electron chi connectivity index (χ2n) is 4.67. The number of rotatable bonds is 5. The molecule has 1 amide bonds. The summed E-state index contributed by atoms with van der Waals surface area (Å²) >= 11 is 1.33. The van der Waals surface area contributed by atoms with Crippen molar-refractivity contribution in [1.29, 1.82) is 0 Å². The molecule has 0 fully saturated rings. The molecular weight excluding hydrogens is 330 g/mol. The molecule has 0 bridgehead atoms. The van der Waals surface area contributed by atoms with E-state index in [1.807, 2.05) is 0 Å². The number of amides is 1. The Labute approximate surface area is 140 Å². The zero-order chi connectivity index (χ0) is 16.9. The van der Waals surface area contributed by atoms with E-state index in [4.69, 9.17) is 4.74 Å². The topological polar surface area (TPSA) is 94.4 Å². The van der Waals surface area contributed by atoms with Crippen molar-refractivity contribution in [1.82, 2.24) is 4.98 Å². The minimum atomic E-state index is -0.479. The van der Waals surface area contributed by atoms with Crippen molar-refractivity contribution >= 4 is 28.1 Å². The Morgan fingerprint density at radius 1 is 1.17 bits per heavy atom. The number of thiazole rings is 1. The van der Waals surface area contributed by atoms with Gasteiger partial charge >= 0.3 is 0 Å². The number of non-ortho nitro benzene ring substituents is 1. The fourth-order valence-electron chi connectivity index (χ4n) is 1.93. The normalized spacial score (nSPS) is 10.2. The fraction of sp³-hybridized carbons (Fsp3) is 0. The van der Waals surface area contributed by atoms with E-state index in [1.165, 1.54) is 35.6 Å². The highest BCUT2D eigenvalue weighted by atomic mass is 32.1. The number of benzene rings is 2. The van der Waals surface area contributed by atoms with Crippen LogP contribution in [-0.4, -0.2) is 15.8 Å². The molecule has 0 unspecified atom stereocenters. The number of nitro groups is 1. The van der Waals surface area contributed by atoms with Crippen LogP contribution in [0.5, 0.6) is 11.5 Å². The largest absolute Gasteiger partial charge is 0.457 e. The highest BCUT2D eigenvalue weighted by Gasteiger charge is 2.10. The number of nitro benzene ring substituents is 1. The Morgan fingerprint density at radius 3 is 2.62 bits per heavy atom. The molecule has 0 saturated carbocycles. The molecule has 0 aliphatic rings. The third-order valence-corrected chi connectivity index (χ3v) is 3.72. The second-order valence-corrected chi connectivity index (χ2v) is 5.57. The van der Waals surface area contributed by atoms with Crippen molar-refractivity contribution in [3.05, 3.63) is 75.8 Å². The standard InChI is InChI=1S/C16H11N3O4S/c20-15(18-16-17-8-9-24-16)11-2-1-3-14(10-11)23-13-6-4-12(5-7-13)19(21)22/h1-10H,(H,17,18,20). The lowest BCUT2D eigenvalue weighted by molar-refractivity contribution is -0.384. The van der Waals surface area contributed by atoms with Crippen molar-refractivity contribution in [3.8, 4) is 11.5 Å². The van der Waals surface area contributed by atoms with E-state index in [1.54, 1.807) is 35.8 Å². The molecule has 8 heteroatoms. The number of nitrogens with zero attached hydrogens (tertiary/aromatic N) is 2. The fourth-order valence-corrected chi connectivity index (χ4v) is 2.45. The van der Waals surface area contributed by atoms with Gasteiger partial charge in [0.2, 0.25) is 0 Å². The van der Waals surface area contributed by atoms with Crippen molar-refractivity contribution in [2.45, 2.75) is 0 Å². The van der Waals surface area contributed by atoms with Crippen LogP contribution in [0.15, 0.2) is 60.1 Å². The molecule has 0 aliphatic carbocycles. The third-order valence-electron chi connectivity index (χ3n) is 3.03. The molecule has 0 saturated heterocycles. The SMILES string of the molecule is O=C(Nc1nccs1)c1cccc(Oc2ccc([N+](=O)[O-])cc2)c1. The van der Waals surface area contributed by atoms with Crippen LogP contribution in [-0.2, 0) is 0 Å². The third kappa shape index (κ3) is 3.73. The molecule has 3 rings (SSSR count). The first-order chi connectivity index (χ1) is 11.6. The Bertz CT molecular complexity index is 863. The van der Waals surface area contributed by atoms with Gasteiger partial charge in [-0.2, -0.15) is 0 Å². The summed E-state index contributed by atoms with van der Waals surface area (Å²) in [5.41, 5.74) is 0.406. The van der Waals surface area contributed by atoms with Crippen LogP contribution < -0.4 is 10.1 Å².